The van der Waals surface area contributed by atoms with Gasteiger partial charge in [-0.3, -0.25) is 14.3 Å². The van der Waals surface area contributed by atoms with E-state index in [2.05, 4.69) is 26.8 Å². The van der Waals surface area contributed by atoms with Crippen LogP contribution in [0.15, 0.2) is 47.4 Å². The molecule has 2 aromatic heterocycles. The Bertz CT molecular complexity index is 2030. The number of nitrogen functional groups attached to an aromatic ring is 1. The molecule has 3 aliphatic rings. The fourth-order valence-corrected chi connectivity index (χ4v) is 8.59. The van der Waals surface area contributed by atoms with Crippen molar-refractivity contribution in [2.75, 3.05) is 52.0 Å². The Morgan fingerprint density at radius 1 is 1.00 bits per heavy atom. The van der Waals surface area contributed by atoms with Crippen LogP contribution in [0.25, 0.3) is 21.9 Å². The number of Topliss-reactive ketones (excluding diaryl/α,β-unsaturated/α-hetero) is 1. The summed E-state index contributed by atoms with van der Waals surface area (Å²) in [5.74, 6) is -0.263. The molecule has 53 heavy (non-hydrogen) atoms. The van der Waals surface area contributed by atoms with Crippen LogP contribution in [0.1, 0.15) is 62.1 Å². The smallest absolute Gasteiger partial charge is 0.418 e. The summed E-state index contributed by atoms with van der Waals surface area (Å²) in [6.45, 7) is 4.39. The number of hydrogen-bond donors (Lipinski definition) is 2. The monoisotopic (exact) mass is 755 g/mol. The third kappa shape index (κ3) is 8.04. The number of rotatable bonds is 8. The second-order valence-electron chi connectivity index (χ2n) is 14.9. The Morgan fingerprint density at radius 3 is 2.38 bits per heavy atom. The standard InChI is InChI=1S/C38H45ClF3N7O4/c1-46-12-8-25(9-13-46)47-14-6-23(7-15-47)20-32(50)33(21-24-18-28(38(40,41)42)34(43)29(39)19-24)53-37(52)48-16-10-26(11-17-48)49-31-22-44-30-5-3-2-4-27(30)35(31)45-36(49)51/h2-5,18-19,22-23,25-26,33H,6-17,20-21,43H2,1H3,(H,45,51)/t33-/m1/s1. The molecule has 3 aliphatic heterocycles. The predicted molar refractivity (Wildman–Crippen MR) is 197 cm³/mol. The van der Waals surface area contributed by atoms with Crippen molar-refractivity contribution in [1.82, 2.24) is 29.2 Å². The molecule has 3 saturated heterocycles. The molecule has 11 nitrogen and oxygen atoms in total. The average molecular weight is 756 g/mol. The largest absolute Gasteiger partial charge is 0.438 e. The molecule has 1 amide bonds. The molecule has 0 bridgehead atoms. The van der Waals surface area contributed by atoms with Gasteiger partial charge >= 0.3 is 18.0 Å². The summed E-state index contributed by atoms with van der Waals surface area (Å²) in [5.41, 5.74) is 5.95. The van der Waals surface area contributed by atoms with E-state index in [0.29, 0.717) is 29.9 Å². The van der Waals surface area contributed by atoms with Crippen LogP contribution in [0.5, 0.6) is 0 Å². The number of imidazole rings is 1. The lowest BCUT2D eigenvalue weighted by Gasteiger charge is -2.41. The number of ether oxygens (including phenoxy) is 1. The molecule has 3 N–H and O–H groups in total. The Hall–Kier alpha value is -4.14. The summed E-state index contributed by atoms with van der Waals surface area (Å²) in [5, 5.41) is 0.552. The molecule has 15 heteroatoms. The van der Waals surface area contributed by atoms with Gasteiger partial charge < -0.3 is 30.2 Å². The Labute approximate surface area is 310 Å². The number of carbonyl (C=O) groups excluding carboxylic acids is 2. The van der Waals surface area contributed by atoms with Crippen LogP contribution in [0.2, 0.25) is 5.02 Å². The first kappa shape index (κ1) is 37.2. The van der Waals surface area contributed by atoms with E-state index < -0.39 is 29.6 Å². The van der Waals surface area contributed by atoms with Gasteiger partial charge in [0.15, 0.2) is 11.9 Å². The average Bonchev–Trinajstić information content (AvgIpc) is 3.49. The lowest BCUT2D eigenvalue weighted by atomic mass is 9.87. The molecule has 0 spiro atoms. The number of ketones is 1. The van der Waals surface area contributed by atoms with E-state index in [1.807, 2.05) is 24.3 Å². The minimum atomic E-state index is -4.76. The van der Waals surface area contributed by atoms with Gasteiger partial charge in [-0.1, -0.05) is 29.8 Å². The fraction of sp³-hybridized carbons (Fsp3) is 0.526. The van der Waals surface area contributed by atoms with Crippen molar-refractivity contribution in [3.05, 3.63) is 69.2 Å². The van der Waals surface area contributed by atoms with Crippen LogP contribution >= 0.6 is 11.6 Å². The number of aromatic amines is 1. The van der Waals surface area contributed by atoms with Crippen molar-refractivity contribution in [3.8, 4) is 0 Å². The Morgan fingerprint density at radius 2 is 1.68 bits per heavy atom. The summed E-state index contributed by atoms with van der Waals surface area (Å²) in [6.07, 6.45) is -0.477. The maximum absolute atomic E-state index is 13.9. The Kier molecular flexibility index (Phi) is 10.7. The van der Waals surface area contributed by atoms with Gasteiger partial charge in [0.25, 0.3) is 0 Å². The van der Waals surface area contributed by atoms with Crippen molar-refractivity contribution in [2.24, 2.45) is 5.92 Å². The van der Waals surface area contributed by atoms with Crippen LogP contribution < -0.4 is 11.4 Å². The number of anilines is 1. The number of para-hydroxylation sites is 1. The highest BCUT2D eigenvalue weighted by Gasteiger charge is 2.37. The molecule has 284 valence electrons. The number of aromatic nitrogens is 3. The molecular formula is C38H45ClF3N7O4. The number of nitrogens with zero attached hydrogens (tertiary/aromatic N) is 5. The van der Waals surface area contributed by atoms with Crippen molar-refractivity contribution in [2.45, 2.75) is 75.7 Å². The number of halogens is 4. The fourth-order valence-electron chi connectivity index (χ4n) is 8.35. The third-order valence-electron chi connectivity index (χ3n) is 11.4. The number of amides is 1. The molecule has 5 heterocycles. The van der Waals surface area contributed by atoms with E-state index in [-0.39, 0.29) is 59.9 Å². The van der Waals surface area contributed by atoms with Gasteiger partial charge in [-0.2, -0.15) is 13.2 Å². The number of hydrogen-bond acceptors (Lipinski definition) is 8. The second-order valence-corrected chi connectivity index (χ2v) is 15.3. The van der Waals surface area contributed by atoms with Crippen molar-refractivity contribution < 1.29 is 27.5 Å². The van der Waals surface area contributed by atoms with Crippen molar-refractivity contribution in [1.29, 1.82) is 0 Å². The molecule has 0 radical (unpaired) electrons. The summed E-state index contributed by atoms with van der Waals surface area (Å²) in [7, 11) is 2.13. The molecule has 0 unspecified atom stereocenters. The first-order chi connectivity index (χ1) is 25.4. The number of fused-ring (bicyclic) bond motifs is 3. The second kappa shape index (κ2) is 15.3. The topological polar surface area (TPSA) is 130 Å². The highest BCUT2D eigenvalue weighted by molar-refractivity contribution is 6.33. The van der Waals surface area contributed by atoms with Gasteiger partial charge in [0.05, 0.1) is 39.0 Å². The van der Waals surface area contributed by atoms with Gasteiger partial charge in [0, 0.05) is 43.4 Å². The summed E-state index contributed by atoms with van der Waals surface area (Å²) >= 11 is 6.13. The summed E-state index contributed by atoms with van der Waals surface area (Å²) in [4.78, 5) is 54.5. The van der Waals surface area contributed by atoms with E-state index in [1.165, 1.54) is 11.0 Å². The molecule has 7 rings (SSSR count). The van der Waals surface area contributed by atoms with Gasteiger partial charge in [0.2, 0.25) is 0 Å². The maximum Gasteiger partial charge on any atom is 0.418 e. The van der Waals surface area contributed by atoms with Gasteiger partial charge in [0.1, 0.15) is 0 Å². The zero-order chi connectivity index (χ0) is 37.4. The SMILES string of the molecule is CN1CCC(N2CCC(CC(=O)[C@@H](Cc3cc(Cl)c(N)c(C(F)(F)F)c3)OC(=O)N3CCC(n4c(=O)[nH]c5c6ccccc6ncc54)CC3)CC2)CC1. The highest BCUT2D eigenvalue weighted by Crippen LogP contribution is 2.38. The number of pyridine rings is 1. The number of H-pyrrole nitrogens is 1. The zero-order valence-electron chi connectivity index (χ0n) is 29.7. The van der Waals surface area contributed by atoms with Crippen LogP contribution in [0.4, 0.5) is 23.7 Å². The zero-order valence-corrected chi connectivity index (χ0v) is 30.5. The molecule has 2 aromatic carbocycles. The number of likely N-dealkylation sites (tertiary alicyclic amines) is 3. The van der Waals surface area contributed by atoms with Crippen molar-refractivity contribution >= 4 is 51.1 Å². The molecule has 3 fully saturated rings. The van der Waals surface area contributed by atoms with E-state index in [9.17, 15) is 27.6 Å². The highest BCUT2D eigenvalue weighted by atomic mass is 35.5. The van der Waals surface area contributed by atoms with E-state index in [0.717, 1.165) is 68.8 Å². The van der Waals surface area contributed by atoms with E-state index in [4.69, 9.17) is 22.1 Å². The number of nitrogens with one attached hydrogen (secondary N) is 1. The third-order valence-corrected chi connectivity index (χ3v) is 11.7. The minimum Gasteiger partial charge on any atom is -0.438 e. The minimum absolute atomic E-state index is 0.0730. The van der Waals surface area contributed by atoms with Crippen LogP contribution in [-0.2, 0) is 22.1 Å². The first-order valence-electron chi connectivity index (χ1n) is 18.4. The molecular weight excluding hydrogens is 711 g/mol. The number of alkyl halides is 3. The number of piperidine rings is 3. The molecule has 1 atom stereocenters. The normalized spacial score (nSPS) is 19.6. The van der Waals surface area contributed by atoms with E-state index >= 15 is 0 Å². The maximum atomic E-state index is 13.9. The first-order valence-corrected chi connectivity index (χ1v) is 18.8. The van der Waals surface area contributed by atoms with Crippen LogP contribution in [0, 0.1) is 5.92 Å². The van der Waals surface area contributed by atoms with Gasteiger partial charge in [-0.15, -0.1) is 0 Å². The Balaban J connectivity index is 1.04. The molecule has 0 aliphatic carbocycles. The van der Waals surface area contributed by atoms with Crippen LogP contribution in [0.3, 0.4) is 0 Å². The molecule has 4 aromatic rings. The quantitative estimate of drug-likeness (QED) is 0.201. The lowest BCUT2D eigenvalue weighted by molar-refractivity contribution is -0.137. The summed E-state index contributed by atoms with van der Waals surface area (Å²) in [6, 6.07) is 10.0. The number of nitrogens with two attached hydrogens (primary N) is 1. The predicted octanol–water partition coefficient (Wildman–Crippen LogP) is 6.28. The molecule has 0 saturated carbocycles. The van der Waals surface area contributed by atoms with Crippen LogP contribution in [-0.4, -0.2) is 99.6 Å². The number of benzene rings is 2. The van der Waals surface area contributed by atoms with Gasteiger partial charge in [-0.25, -0.2) is 9.59 Å². The number of carbonyl (C=O) groups is 2. The summed E-state index contributed by atoms with van der Waals surface area (Å²) < 4.78 is 49.1. The van der Waals surface area contributed by atoms with Crippen molar-refractivity contribution in [3.63, 3.8) is 0 Å². The lowest BCUT2D eigenvalue weighted by Crippen LogP contribution is -2.47. The van der Waals surface area contributed by atoms with Gasteiger partial charge in [-0.05, 0) is 101 Å². The van der Waals surface area contributed by atoms with E-state index in [1.54, 1.807) is 10.8 Å².